The molecule has 2 aromatic heterocycles. The summed E-state index contributed by atoms with van der Waals surface area (Å²) in [6.07, 6.45) is 3.63. The number of hydrogen-bond donors (Lipinski definition) is 2. The molecule has 5 nitrogen and oxygen atoms in total. The summed E-state index contributed by atoms with van der Waals surface area (Å²) >= 11 is 3.10. The molecule has 0 unspecified atom stereocenters. The van der Waals surface area contributed by atoms with Gasteiger partial charge in [-0.2, -0.15) is 0 Å². The topological polar surface area (TPSA) is 71.1 Å². The maximum atomic E-state index is 12.5. The van der Waals surface area contributed by atoms with Crippen LogP contribution in [0.4, 0.5) is 11.4 Å². The van der Waals surface area contributed by atoms with Crippen LogP contribution in [0.25, 0.3) is 0 Å². The molecule has 0 saturated carbocycles. The van der Waals surface area contributed by atoms with Crippen molar-refractivity contribution < 1.29 is 9.59 Å². The third-order valence-corrected chi connectivity index (χ3v) is 6.34. The number of aromatic nitrogens is 1. The first-order valence-corrected chi connectivity index (χ1v) is 11.4. The molecular weight excluding hydrogens is 426 g/mol. The van der Waals surface area contributed by atoms with Gasteiger partial charge in [0.15, 0.2) is 0 Å². The number of rotatable bonds is 7. The van der Waals surface area contributed by atoms with E-state index in [1.807, 2.05) is 54.0 Å². The Kier molecular flexibility index (Phi) is 6.76. The zero-order valence-corrected chi connectivity index (χ0v) is 18.1. The molecule has 2 heterocycles. The van der Waals surface area contributed by atoms with E-state index in [1.165, 1.54) is 16.9 Å². The third kappa shape index (κ3) is 5.81. The Morgan fingerprint density at radius 1 is 0.839 bits per heavy atom. The Hall–Kier alpha value is -3.42. The Labute approximate surface area is 188 Å². The van der Waals surface area contributed by atoms with E-state index >= 15 is 0 Å². The number of nitrogens with zero attached hydrogens (tertiary/aromatic N) is 1. The van der Waals surface area contributed by atoms with E-state index < -0.39 is 0 Å². The first-order valence-electron chi connectivity index (χ1n) is 9.55. The van der Waals surface area contributed by atoms with Crippen LogP contribution in [0.15, 0.2) is 95.5 Å². The van der Waals surface area contributed by atoms with Gasteiger partial charge in [-0.3, -0.25) is 14.6 Å². The second-order valence-electron chi connectivity index (χ2n) is 6.64. The molecule has 0 bridgehead atoms. The highest BCUT2D eigenvalue weighted by atomic mass is 32.2. The lowest BCUT2D eigenvalue weighted by atomic mass is 10.2. The van der Waals surface area contributed by atoms with Crippen molar-refractivity contribution >= 4 is 46.3 Å². The maximum absolute atomic E-state index is 12.5. The number of amides is 2. The molecule has 0 aliphatic heterocycles. The van der Waals surface area contributed by atoms with Crippen LogP contribution >= 0.6 is 23.1 Å². The van der Waals surface area contributed by atoms with Gasteiger partial charge in [-0.05, 0) is 71.6 Å². The van der Waals surface area contributed by atoms with E-state index in [2.05, 4.69) is 15.6 Å². The van der Waals surface area contributed by atoms with E-state index in [9.17, 15) is 9.59 Å². The van der Waals surface area contributed by atoms with Crippen LogP contribution in [0.3, 0.4) is 0 Å². The molecule has 0 atom stereocenters. The second kappa shape index (κ2) is 10.1. The highest BCUT2D eigenvalue weighted by molar-refractivity contribution is 7.98. The lowest BCUT2D eigenvalue weighted by Gasteiger charge is -2.08. The SMILES string of the molecule is O=C(Nc1ccc(SCc2cccnc2)cc1)c1ccc(NC(=O)c2cccs2)cc1. The predicted octanol–water partition coefficient (Wildman–Crippen LogP) is 5.94. The van der Waals surface area contributed by atoms with Gasteiger partial charge in [0.1, 0.15) is 0 Å². The number of thiophene rings is 1. The van der Waals surface area contributed by atoms with Crippen LogP contribution in [0.2, 0.25) is 0 Å². The van der Waals surface area contributed by atoms with E-state index in [4.69, 9.17) is 0 Å². The first-order chi connectivity index (χ1) is 15.2. The molecule has 2 amide bonds. The fourth-order valence-electron chi connectivity index (χ4n) is 2.79. The molecule has 0 aliphatic rings. The van der Waals surface area contributed by atoms with Crippen LogP contribution in [-0.2, 0) is 5.75 Å². The average molecular weight is 446 g/mol. The number of thioether (sulfide) groups is 1. The maximum Gasteiger partial charge on any atom is 0.265 e. The zero-order valence-electron chi connectivity index (χ0n) is 16.4. The van der Waals surface area contributed by atoms with Crippen molar-refractivity contribution in [2.24, 2.45) is 0 Å². The number of carbonyl (C=O) groups excluding carboxylic acids is 2. The van der Waals surface area contributed by atoms with Crippen molar-refractivity contribution in [2.45, 2.75) is 10.6 Å². The molecule has 154 valence electrons. The van der Waals surface area contributed by atoms with Crippen molar-refractivity contribution in [3.63, 3.8) is 0 Å². The van der Waals surface area contributed by atoms with Crippen LogP contribution in [0.1, 0.15) is 25.6 Å². The minimum atomic E-state index is -0.202. The number of nitrogens with one attached hydrogen (secondary N) is 2. The van der Waals surface area contributed by atoms with Crippen LogP contribution in [0, 0.1) is 0 Å². The summed E-state index contributed by atoms with van der Waals surface area (Å²) in [4.78, 5) is 30.5. The largest absolute Gasteiger partial charge is 0.322 e. The lowest BCUT2D eigenvalue weighted by Crippen LogP contribution is -2.13. The highest BCUT2D eigenvalue weighted by Gasteiger charge is 2.09. The minimum absolute atomic E-state index is 0.159. The highest BCUT2D eigenvalue weighted by Crippen LogP contribution is 2.24. The number of anilines is 2. The van der Waals surface area contributed by atoms with Gasteiger partial charge in [0.2, 0.25) is 0 Å². The second-order valence-corrected chi connectivity index (χ2v) is 8.63. The van der Waals surface area contributed by atoms with Gasteiger partial charge in [0, 0.05) is 40.0 Å². The van der Waals surface area contributed by atoms with Crippen molar-refractivity contribution in [1.82, 2.24) is 4.98 Å². The summed E-state index contributed by atoms with van der Waals surface area (Å²) in [5.41, 5.74) is 3.06. The fourth-order valence-corrected chi connectivity index (χ4v) is 4.24. The van der Waals surface area contributed by atoms with Gasteiger partial charge < -0.3 is 10.6 Å². The first kappa shape index (κ1) is 20.8. The summed E-state index contributed by atoms with van der Waals surface area (Å²) in [7, 11) is 0. The van der Waals surface area contributed by atoms with E-state index in [0.29, 0.717) is 16.1 Å². The third-order valence-electron chi connectivity index (χ3n) is 4.39. The lowest BCUT2D eigenvalue weighted by molar-refractivity contribution is 0.102. The fraction of sp³-hybridized carbons (Fsp3) is 0.0417. The van der Waals surface area contributed by atoms with Gasteiger partial charge in [0.25, 0.3) is 11.8 Å². The van der Waals surface area contributed by atoms with Gasteiger partial charge in [-0.15, -0.1) is 23.1 Å². The van der Waals surface area contributed by atoms with Crippen molar-refractivity contribution in [1.29, 1.82) is 0 Å². The molecule has 0 aliphatic carbocycles. The van der Waals surface area contributed by atoms with Gasteiger partial charge >= 0.3 is 0 Å². The summed E-state index contributed by atoms with van der Waals surface area (Å²) < 4.78 is 0. The van der Waals surface area contributed by atoms with E-state index in [-0.39, 0.29) is 11.8 Å². The molecule has 0 fully saturated rings. The van der Waals surface area contributed by atoms with Crippen molar-refractivity contribution in [2.75, 3.05) is 10.6 Å². The van der Waals surface area contributed by atoms with Crippen molar-refractivity contribution in [3.05, 3.63) is 107 Å². The molecule has 31 heavy (non-hydrogen) atoms. The standard InChI is InChI=1S/C24H19N3O2S2/c28-23(18-5-7-19(8-6-18)27-24(29)22-4-2-14-30-22)26-20-9-11-21(12-10-20)31-16-17-3-1-13-25-15-17/h1-15H,16H2,(H,26,28)(H,27,29). The van der Waals surface area contributed by atoms with Gasteiger partial charge in [0.05, 0.1) is 4.88 Å². The number of hydrogen-bond acceptors (Lipinski definition) is 5. The quantitative estimate of drug-likeness (QED) is 0.345. The molecular formula is C24H19N3O2S2. The molecule has 7 heteroatoms. The molecule has 2 aromatic carbocycles. The van der Waals surface area contributed by atoms with Gasteiger partial charge in [-0.1, -0.05) is 12.1 Å². The van der Waals surface area contributed by atoms with Crippen molar-refractivity contribution in [3.8, 4) is 0 Å². The smallest absolute Gasteiger partial charge is 0.265 e. The average Bonchev–Trinajstić information content (AvgIpc) is 3.35. The summed E-state index contributed by atoms with van der Waals surface area (Å²) in [6.45, 7) is 0. The number of pyridine rings is 1. The molecule has 2 N–H and O–H groups in total. The molecule has 4 rings (SSSR count). The summed E-state index contributed by atoms with van der Waals surface area (Å²) in [5, 5.41) is 7.58. The molecule has 0 saturated heterocycles. The summed E-state index contributed by atoms with van der Waals surface area (Å²) in [6, 6.07) is 22.2. The predicted molar refractivity (Wildman–Crippen MR) is 127 cm³/mol. The minimum Gasteiger partial charge on any atom is -0.322 e. The van der Waals surface area contributed by atoms with Crippen LogP contribution in [0.5, 0.6) is 0 Å². The Bertz CT molecular complexity index is 1140. The Morgan fingerprint density at radius 2 is 1.55 bits per heavy atom. The van der Waals surface area contributed by atoms with Crippen LogP contribution < -0.4 is 10.6 Å². The monoisotopic (exact) mass is 445 g/mol. The number of carbonyl (C=O) groups is 2. The zero-order chi connectivity index (χ0) is 21.5. The normalized spacial score (nSPS) is 10.5. The summed E-state index contributed by atoms with van der Waals surface area (Å²) in [5.74, 6) is 0.482. The van der Waals surface area contributed by atoms with E-state index in [1.54, 1.807) is 48.3 Å². The van der Waals surface area contributed by atoms with Gasteiger partial charge in [-0.25, -0.2) is 0 Å². The molecule has 0 radical (unpaired) electrons. The van der Waals surface area contributed by atoms with E-state index in [0.717, 1.165) is 16.3 Å². The molecule has 0 spiro atoms. The number of benzene rings is 2. The Balaban J connectivity index is 1.31. The van der Waals surface area contributed by atoms with Crippen LogP contribution in [-0.4, -0.2) is 16.8 Å². The Morgan fingerprint density at radius 3 is 2.19 bits per heavy atom. The molecule has 4 aromatic rings.